The first-order valence-corrected chi connectivity index (χ1v) is 14.5. The van der Waals surface area contributed by atoms with E-state index in [9.17, 15) is 21.8 Å². The zero-order chi connectivity index (χ0) is 28.8. The number of rotatable bonds is 6. The van der Waals surface area contributed by atoms with Crippen molar-refractivity contribution in [3.63, 3.8) is 0 Å². The van der Waals surface area contributed by atoms with Crippen molar-refractivity contribution in [2.24, 2.45) is 9.52 Å². The van der Waals surface area contributed by atoms with Crippen LogP contribution in [0.4, 0.5) is 17.6 Å². The second kappa shape index (κ2) is 11.1. The number of alkyl halides is 3. The quantitative estimate of drug-likeness (QED) is 0.199. The number of hydrogen-bond acceptors (Lipinski definition) is 4. The molecule has 0 saturated carbocycles. The molecule has 3 aromatic rings. The summed E-state index contributed by atoms with van der Waals surface area (Å²) in [5.74, 6) is -1.03. The lowest BCUT2D eigenvalue weighted by molar-refractivity contribution is -0.275. The van der Waals surface area contributed by atoms with Crippen molar-refractivity contribution in [2.45, 2.75) is 48.7 Å². The highest BCUT2D eigenvalue weighted by Crippen LogP contribution is 2.50. The van der Waals surface area contributed by atoms with Crippen LogP contribution in [0.25, 0.3) is 0 Å². The molecule has 0 N–H and O–H groups in total. The fourth-order valence-corrected chi connectivity index (χ4v) is 7.51. The lowest BCUT2D eigenvalue weighted by Crippen LogP contribution is -2.42. The van der Waals surface area contributed by atoms with E-state index in [0.717, 1.165) is 12.1 Å². The molecular weight excluding hydrogens is 622 g/mol. The van der Waals surface area contributed by atoms with Gasteiger partial charge in [-0.15, -0.1) is 0 Å². The molecule has 4 nitrogen and oxygen atoms in total. The van der Waals surface area contributed by atoms with Crippen LogP contribution >= 0.6 is 46.4 Å². The molecule has 0 radical (unpaired) electrons. The summed E-state index contributed by atoms with van der Waals surface area (Å²) >= 11 is 24.1. The van der Waals surface area contributed by atoms with Crippen LogP contribution < -0.4 is 0 Å². The molecule has 0 fully saturated rings. The van der Waals surface area contributed by atoms with Crippen LogP contribution in [0.5, 0.6) is 0 Å². The van der Waals surface area contributed by atoms with Crippen molar-refractivity contribution in [1.29, 1.82) is 0 Å². The molecule has 13 heteroatoms. The van der Waals surface area contributed by atoms with Gasteiger partial charge in [-0.2, -0.15) is 13.2 Å². The zero-order valence-electron chi connectivity index (χ0n) is 20.3. The van der Waals surface area contributed by atoms with E-state index in [1.165, 1.54) is 0 Å². The van der Waals surface area contributed by atoms with Gasteiger partial charge in [-0.3, -0.25) is 0 Å². The van der Waals surface area contributed by atoms with Gasteiger partial charge in [0.15, 0.2) is 5.82 Å². The van der Waals surface area contributed by atoms with Crippen LogP contribution in [0.1, 0.15) is 37.0 Å². The van der Waals surface area contributed by atoms with Crippen molar-refractivity contribution in [3.8, 4) is 0 Å². The number of hydrogen-bond donors (Lipinski definition) is 0. The largest absolute Gasteiger partial charge is 0.435 e. The second-order valence-electron chi connectivity index (χ2n) is 9.04. The Morgan fingerprint density at radius 3 is 2.08 bits per heavy atom. The number of halogens is 8. The minimum absolute atomic E-state index is 0.0150. The first-order chi connectivity index (χ1) is 18.2. The highest BCUT2D eigenvalue weighted by atomic mass is 35.5. The standard InChI is InChI=1S/C26H20Cl4F4N2O2S/c1-14(2)39(37,24-18(27)4-3-5-19(24)28)35-13-15-6-8-16(9-7-15)22-12-25(38-36-22,26(32,33)34)17-10-20(29)23(31)21(30)11-17/h3-11,14H,12-13H2,1-2H3. The minimum Gasteiger partial charge on any atom is -0.374 e. The molecule has 0 amide bonds. The van der Waals surface area contributed by atoms with E-state index in [1.54, 1.807) is 56.3 Å². The molecule has 0 spiro atoms. The van der Waals surface area contributed by atoms with Crippen LogP contribution in [-0.4, -0.2) is 21.3 Å². The first-order valence-electron chi connectivity index (χ1n) is 11.4. The van der Waals surface area contributed by atoms with Crippen LogP contribution in [0.15, 0.2) is 69.0 Å². The molecule has 1 aliphatic rings. The van der Waals surface area contributed by atoms with Gasteiger partial charge in [0.1, 0.15) is 0 Å². The van der Waals surface area contributed by atoms with Crippen molar-refractivity contribution < 1.29 is 26.6 Å². The Balaban J connectivity index is 1.62. The molecule has 0 aromatic heterocycles. The molecule has 0 bridgehead atoms. The molecule has 0 saturated heterocycles. The maximum Gasteiger partial charge on any atom is 0.435 e. The summed E-state index contributed by atoms with van der Waals surface area (Å²) in [5, 5.41) is 2.66. The van der Waals surface area contributed by atoms with Crippen LogP contribution in [0, 0.1) is 5.82 Å². The predicted octanol–water partition coefficient (Wildman–Crippen LogP) is 9.46. The summed E-state index contributed by atoms with van der Waals surface area (Å²) in [7, 11) is -3.00. The van der Waals surface area contributed by atoms with Gasteiger partial charge in [-0.1, -0.05) is 81.9 Å². The number of oxime groups is 1. The Bertz CT molecular complexity index is 1530. The Morgan fingerprint density at radius 1 is 1.00 bits per heavy atom. The van der Waals surface area contributed by atoms with Gasteiger partial charge in [0.05, 0.1) is 47.0 Å². The minimum atomic E-state index is -4.92. The Kier molecular flexibility index (Phi) is 8.51. The average molecular weight is 642 g/mol. The van der Waals surface area contributed by atoms with Gasteiger partial charge in [-0.25, -0.2) is 13.0 Å². The van der Waals surface area contributed by atoms with Crippen molar-refractivity contribution >= 4 is 61.8 Å². The average Bonchev–Trinajstić information content (AvgIpc) is 3.33. The molecular formula is C26H20Cl4F4N2O2S. The number of nitrogens with zero attached hydrogens (tertiary/aromatic N) is 2. The van der Waals surface area contributed by atoms with Crippen molar-refractivity contribution in [1.82, 2.24) is 0 Å². The SMILES string of the molecule is CC(C)S(=O)(=NCc1ccc(C2=NOC(c3cc(Cl)c(F)c(Cl)c3)(C(F)(F)F)C2)cc1)c1c(Cl)cccc1Cl. The maximum atomic E-state index is 14.3. The van der Waals surface area contributed by atoms with Gasteiger partial charge >= 0.3 is 6.18 Å². The fourth-order valence-electron chi connectivity index (χ4n) is 4.03. The summed E-state index contributed by atoms with van der Waals surface area (Å²) in [5.41, 5.74) is -2.34. The Hall–Kier alpha value is -2.04. The summed E-state index contributed by atoms with van der Waals surface area (Å²) in [6.45, 7) is 3.54. The normalized spacial score (nSPS) is 19.0. The van der Waals surface area contributed by atoms with Gasteiger partial charge < -0.3 is 4.84 Å². The van der Waals surface area contributed by atoms with Crippen LogP contribution in [0.2, 0.25) is 20.1 Å². The van der Waals surface area contributed by atoms with Gasteiger partial charge in [-0.05, 0) is 49.2 Å². The fraction of sp³-hybridized carbons (Fsp3) is 0.269. The third-order valence-corrected chi connectivity index (χ3v) is 10.4. The van der Waals surface area contributed by atoms with E-state index < -0.39 is 54.6 Å². The highest BCUT2D eigenvalue weighted by Gasteiger charge is 2.62. The predicted molar refractivity (Wildman–Crippen MR) is 147 cm³/mol. The summed E-state index contributed by atoms with van der Waals surface area (Å²) in [6, 6.07) is 12.9. The molecule has 1 aliphatic heterocycles. The number of benzene rings is 3. The van der Waals surface area contributed by atoms with Crippen LogP contribution in [0.3, 0.4) is 0 Å². The van der Waals surface area contributed by atoms with Crippen LogP contribution in [-0.2, 0) is 26.7 Å². The van der Waals surface area contributed by atoms with E-state index in [2.05, 4.69) is 9.52 Å². The zero-order valence-corrected chi connectivity index (χ0v) is 24.2. The second-order valence-corrected chi connectivity index (χ2v) is 13.4. The third kappa shape index (κ3) is 5.61. The maximum absolute atomic E-state index is 14.3. The molecule has 3 aromatic carbocycles. The van der Waals surface area contributed by atoms with Gasteiger partial charge in [0, 0.05) is 17.2 Å². The summed E-state index contributed by atoms with van der Waals surface area (Å²) in [6.07, 6.45) is -5.61. The lowest BCUT2D eigenvalue weighted by atomic mass is 9.86. The molecule has 208 valence electrons. The lowest BCUT2D eigenvalue weighted by Gasteiger charge is -2.29. The Labute approximate surface area is 243 Å². The third-order valence-electron chi connectivity index (χ3n) is 6.21. The molecule has 4 rings (SSSR count). The molecule has 2 unspecified atom stereocenters. The van der Waals surface area contributed by atoms with Crippen molar-refractivity contribution in [3.05, 3.63) is 97.2 Å². The topological polar surface area (TPSA) is 51.0 Å². The van der Waals surface area contributed by atoms with E-state index in [0.29, 0.717) is 11.1 Å². The molecule has 39 heavy (non-hydrogen) atoms. The monoisotopic (exact) mass is 640 g/mol. The summed E-state index contributed by atoms with van der Waals surface area (Å²) in [4.78, 5) is 5.24. The molecule has 1 heterocycles. The van der Waals surface area contributed by atoms with Gasteiger partial charge in [0.25, 0.3) is 5.60 Å². The molecule has 0 aliphatic carbocycles. The van der Waals surface area contributed by atoms with E-state index in [4.69, 9.17) is 51.2 Å². The Morgan fingerprint density at radius 2 is 1.56 bits per heavy atom. The van der Waals surface area contributed by atoms with E-state index in [1.807, 2.05) is 0 Å². The van der Waals surface area contributed by atoms with Gasteiger partial charge in [0.2, 0.25) is 0 Å². The highest BCUT2D eigenvalue weighted by molar-refractivity contribution is 7.94. The molecule has 2 atom stereocenters. The van der Waals surface area contributed by atoms with Crippen molar-refractivity contribution in [2.75, 3.05) is 0 Å². The smallest absolute Gasteiger partial charge is 0.374 e. The summed E-state index contributed by atoms with van der Waals surface area (Å²) < 4.78 is 74.9. The first kappa shape index (κ1) is 29.9. The van der Waals surface area contributed by atoms with E-state index >= 15 is 0 Å². The van der Waals surface area contributed by atoms with E-state index in [-0.39, 0.29) is 27.2 Å².